The van der Waals surface area contributed by atoms with Crippen LogP contribution >= 0.6 is 0 Å². The van der Waals surface area contributed by atoms with Gasteiger partial charge in [0.15, 0.2) is 5.78 Å². The summed E-state index contributed by atoms with van der Waals surface area (Å²) in [7, 11) is 0. The highest BCUT2D eigenvalue weighted by Crippen LogP contribution is 2.21. The van der Waals surface area contributed by atoms with Crippen LogP contribution in [0.3, 0.4) is 0 Å². The maximum atomic E-state index is 12.1. The molecule has 1 aromatic rings. The lowest BCUT2D eigenvalue weighted by atomic mass is 9.97. The molecule has 0 radical (unpaired) electrons. The Balaban J connectivity index is 2.15. The van der Waals surface area contributed by atoms with Gasteiger partial charge in [0.1, 0.15) is 6.10 Å². The predicted molar refractivity (Wildman–Crippen MR) is 63.5 cm³/mol. The van der Waals surface area contributed by atoms with E-state index in [0.29, 0.717) is 6.42 Å². The second kappa shape index (κ2) is 4.62. The standard InChI is InChI=1S/C14H16O2/c1-10-8-11(2)16-13(9-10)14(15)12-6-4-3-5-7-12/h3-8,11,13H,9H2,1-2H3. The van der Waals surface area contributed by atoms with Gasteiger partial charge < -0.3 is 4.74 Å². The maximum Gasteiger partial charge on any atom is 0.191 e. The second-order valence-corrected chi connectivity index (χ2v) is 4.28. The first-order valence-corrected chi connectivity index (χ1v) is 5.59. The molecule has 0 saturated carbocycles. The summed E-state index contributed by atoms with van der Waals surface area (Å²) in [6.45, 7) is 4.01. The first-order chi connectivity index (χ1) is 7.66. The Morgan fingerprint density at radius 3 is 2.62 bits per heavy atom. The monoisotopic (exact) mass is 216 g/mol. The highest BCUT2D eigenvalue weighted by Gasteiger charge is 2.25. The van der Waals surface area contributed by atoms with Crippen molar-refractivity contribution in [2.24, 2.45) is 0 Å². The Bertz CT molecular complexity index is 406. The van der Waals surface area contributed by atoms with Crippen LogP contribution in [0.1, 0.15) is 30.6 Å². The molecule has 1 aromatic carbocycles. The van der Waals surface area contributed by atoms with Gasteiger partial charge in [0.05, 0.1) is 6.10 Å². The molecular weight excluding hydrogens is 200 g/mol. The minimum atomic E-state index is -0.317. The molecule has 2 rings (SSSR count). The third-order valence-electron chi connectivity index (χ3n) is 2.76. The minimum Gasteiger partial charge on any atom is -0.363 e. The normalized spacial score (nSPS) is 25.0. The summed E-state index contributed by atoms with van der Waals surface area (Å²) in [5.74, 6) is 0.0832. The quantitative estimate of drug-likeness (QED) is 0.561. The third-order valence-corrected chi connectivity index (χ3v) is 2.76. The number of ether oxygens (including phenoxy) is 1. The van der Waals surface area contributed by atoms with Crippen molar-refractivity contribution in [2.45, 2.75) is 32.5 Å². The highest BCUT2D eigenvalue weighted by atomic mass is 16.5. The third kappa shape index (κ3) is 2.39. The Hall–Kier alpha value is -1.41. The molecular formula is C14H16O2. The minimum absolute atomic E-state index is 0.0337. The molecule has 0 amide bonds. The molecule has 1 heterocycles. The first kappa shape index (κ1) is 11.1. The zero-order valence-corrected chi connectivity index (χ0v) is 9.64. The fourth-order valence-electron chi connectivity index (χ4n) is 2.05. The number of carbonyl (C=O) groups excluding carboxylic acids is 1. The number of hydrogen-bond donors (Lipinski definition) is 0. The van der Waals surface area contributed by atoms with Crippen molar-refractivity contribution in [1.82, 2.24) is 0 Å². The van der Waals surface area contributed by atoms with E-state index >= 15 is 0 Å². The number of rotatable bonds is 2. The number of carbonyl (C=O) groups is 1. The van der Waals surface area contributed by atoms with E-state index in [0.717, 1.165) is 5.56 Å². The first-order valence-electron chi connectivity index (χ1n) is 5.59. The molecule has 0 bridgehead atoms. The molecule has 0 spiro atoms. The van der Waals surface area contributed by atoms with Crippen molar-refractivity contribution in [3.8, 4) is 0 Å². The zero-order chi connectivity index (χ0) is 11.5. The topological polar surface area (TPSA) is 26.3 Å². The van der Waals surface area contributed by atoms with Crippen LogP contribution in [0, 0.1) is 0 Å². The van der Waals surface area contributed by atoms with Crippen LogP contribution in [0.25, 0.3) is 0 Å². The van der Waals surface area contributed by atoms with E-state index in [2.05, 4.69) is 6.08 Å². The largest absolute Gasteiger partial charge is 0.363 e. The van der Waals surface area contributed by atoms with Gasteiger partial charge in [-0.1, -0.05) is 42.0 Å². The average Bonchev–Trinajstić information content (AvgIpc) is 2.28. The molecule has 2 unspecified atom stereocenters. The van der Waals surface area contributed by atoms with Gasteiger partial charge in [-0.3, -0.25) is 4.79 Å². The number of ketones is 1. The average molecular weight is 216 g/mol. The summed E-state index contributed by atoms with van der Waals surface area (Å²) in [4.78, 5) is 12.1. The van der Waals surface area contributed by atoms with E-state index in [1.54, 1.807) is 0 Å². The summed E-state index contributed by atoms with van der Waals surface area (Å²) in [5, 5.41) is 0. The van der Waals surface area contributed by atoms with Crippen molar-refractivity contribution in [2.75, 3.05) is 0 Å². The van der Waals surface area contributed by atoms with Crippen molar-refractivity contribution in [1.29, 1.82) is 0 Å². The van der Waals surface area contributed by atoms with Crippen LogP contribution in [-0.2, 0) is 4.74 Å². The molecule has 0 N–H and O–H groups in total. The molecule has 2 atom stereocenters. The lowest BCUT2D eigenvalue weighted by Gasteiger charge is -2.25. The van der Waals surface area contributed by atoms with E-state index < -0.39 is 0 Å². The second-order valence-electron chi connectivity index (χ2n) is 4.28. The number of Topliss-reactive ketones (excluding diaryl/α,β-unsaturated/α-hetero) is 1. The van der Waals surface area contributed by atoms with E-state index in [1.165, 1.54) is 5.57 Å². The van der Waals surface area contributed by atoms with Crippen LogP contribution < -0.4 is 0 Å². The molecule has 1 aliphatic heterocycles. The Labute approximate surface area is 95.9 Å². The summed E-state index contributed by atoms with van der Waals surface area (Å²) in [5.41, 5.74) is 1.96. The van der Waals surface area contributed by atoms with Crippen molar-refractivity contribution < 1.29 is 9.53 Å². The van der Waals surface area contributed by atoms with Crippen LogP contribution in [-0.4, -0.2) is 18.0 Å². The van der Waals surface area contributed by atoms with Gasteiger partial charge >= 0.3 is 0 Å². The van der Waals surface area contributed by atoms with E-state index in [9.17, 15) is 4.79 Å². The van der Waals surface area contributed by atoms with E-state index in [-0.39, 0.29) is 18.0 Å². The fourth-order valence-corrected chi connectivity index (χ4v) is 2.05. The molecule has 0 aliphatic carbocycles. The fraction of sp³-hybridized carbons (Fsp3) is 0.357. The lowest BCUT2D eigenvalue weighted by molar-refractivity contribution is 0.0159. The zero-order valence-electron chi connectivity index (χ0n) is 9.64. The highest BCUT2D eigenvalue weighted by molar-refractivity contribution is 5.99. The molecule has 0 aromatic heterocycles. The molecule has 84 valence electrons. The predicted octanol–water partition coefficient (Wildman–Crippen LogP) is 2.99. The molecule has 0 saturated heterocycles. The molecule has 16 heavy (non-hydrogen) atoms. The summed E-state index contributed by atoms with van der Waals surface area (Å²) in [6, 6.07) is 9.34. The van der Waals surface area contributed by atoms with Gasteiger partial charge in [-0.05, 0) is 13.8 Å². The van der Waals surface area contributed by atoms with Gasteiger partial charge in [0.2, 0.25) is 0 Å². The van der Waals surface area contributed by atoms with Gasteiger partial charge in [-0.15, -0.1) is 0 Å². The van der Waals surface area contributed by atoms with Crippen molar-refractivity contribution >= 4 is 5.78 Å². The van der Waals surface area contributed by atoms with Crippen LogP contribution in [0.15, 0.2) is 42.0 Å². The van der Waals surface area contributed by atoms with Crippen molar-refractivity contribution in [3.05, 3.63) is 47.5 Å². The Morgan fingerprint density at radius 1 is 1.31 bits per heavy atom. The SMILES string of the molecule is CC1=CC(C)OC(C(=O)c2ccccc2)C1. The molecule has 0 fully saturated rings. The van der Waals surface area contributed by atoms with Gasteiger partial charge in [-0.25, -0.2) is 0 Å². The molecule has 2 nitrogen and oxygen atoms in total. The van der Waals surface area contributed by atoms with Crippen LogP contribution in [0.4, 0.5) is 0 Å². The van der Waals surface area contributed by atoms with Crippen molar-refractivity contribution in [3.63, 3.8) is 0 Å². The summed E-state index contributed by atoms with van der Waals surface area (Å²) >= 11 is 0. The van der Waals surface area contributed by atoms with Crippen LogP contribution in [0.5, 0.6) is 0 Å². The Kier molecular flexibility index (Phi) is 3.20. The van der Waals surface area contributed by atoms with Crippen LogP contribution in [0.2, 0.25) is 0 Å². The Morgan fingerprint density at radius 2 is 2.00 bits per heavy atom. The van der Waals surface area contributed by atoms with Gasteiger partial charge in [0.25, 0.3) is 0 Å². The summed E-state index contributed by atoms with van der Waals surface area (Å²) in [6.07, 6.45) is 2.49. The maximum absolute atomic E-state index is 12.1. The van der Waals surface area contributed by atoms with E-state index in [1.807, 2.05) is 44.2 Å². The smallest absolute Gasteiger partial charge is 0.191 e. The molecule has 2 heteroatoms. The summed E-state index contributed by atoms with van der Waals surface area (Å²) < 4.78 is 5.65. The number of hydrogen-bond acceptors (Lipinski definition) is 2. The number of benzene rings is 1. The van der Waals surface area contributed by atoms with Gasteiger partial charge in [-0.2, -0.15) is 0 Å². The van der Waals surface area contributed by atoms with E-state index in [4.69, 9.17) is 4.74 Å². The lowest BCUT2D eigenvalue weighted by Crippen LogP contribution is -2.31. The molecule has 1 aliphatic rings. The van der Waals surface area contributed by atoms with Gasteiger partial charge in [0, 0.05) is 12.0 Å².